The molecule has 0 unspecified atom stereocenters. The Balaban J connectivity index is 2.62. The van der Waals surface area contributed by atoms with Crippen molar-refractivity contribution in [1.29, 1.82) is 0 Å². The van der Waals surface area contributed by atoms with Crippen LogP contribution in [0.2, 0.25) is 0 Å². The summed E-state index contributed by atoms with van der Waals surface area (Å²) >= 11 is 0. The number of carbonyl (C=O) groups is 1. The molecule has 0 aromatic rings. The Morgan fingerprint density at radius 3 is 2.36 bits per heavy atom. The van der Waals surface area contributed by atoms with Gasteiger partial charge in [0.1, 0.15) is 0 Å². The number of allylic oxidation sites excluding steroid dienone is 1. The van der Waals surface area contributed by atoms with Gasteiger partial charge >= 0.3 is 0 Å². The van der Waals surface area contributed by atoms with Crippen LogP contribution in [-0.2, 0) is 9.53 Å². The van der Waals surface area contributed by atoms with Crippen molar-refractivity contribution in [3.63, 3.8) is 0 Å². The van der Waals surface area contributed by atoms with Crippen LogP contribution in [0.25, 0.3) is 0 Å². The lowest BCUT2D eigenvalue weighted by atomic mass is 10.0. The molecule has 1 rings (SSSR count). The minimum absolute atomic E-state index is 0.172. The minimum Gasteiger partial charge on any atom is -0.378 e. The fraction of sp³-hybridized carbons (Fsp3) is 0.727. The number of rotatable bonds is 2. The number of hydrogen-bond donors (Lipinski definition) is 0. The number of morpholine rings is 1. The zero-order chi connectivity index (χ0) is 10.6. The molecular weight excluding hydrogens is 178 g/mol. The van der Waals surface area contributed by atoms with Crippen molar-refractivity contribution >= 4 is 5.91 Å². The number of nitrogens with zero attached hydrogens (tertiary/aromatic N) is 1. The fourth-order valence-electron chi connectivity index (χ4n) is 1.65. The third kappa shape index (κ3) is 2.58. The van der Waals surface area contributed by atoms with Gasteiger partial charge in [-0.05, 0) is 12.8 Å². The molecule has 3 nitrogen and oxygen atoms in total. The standard InChI is InChI=1S/C11H19NO2/c1-4-10(9(2)3)11(13)12-5-7-14-8-6-12/h4,9H,5-8H2,1-3H3/b10-4+. The van der Waals surface area contributed by atoms with Gasteiger partial charge in [0.05, 0.1) is 13.2 Å². The highest BCUT2D eigenvalue weighted by Gasteiger charge is 2.21. The van der Waals surface area contributed by atoms with E-state index in [4.69, 9.17) is 4.74 Å². The zero-order valence-corrected chi connectivity index (χ0v) is 9.25. The Kier molecular flexibility index (Phi) is 4.14. The summed E-state index contributed by atoms with van der Waals surface area (Å²) in [5, 5.41) is 0. The molecule has 1 amide bonds. The van der Waals surface area contributed by atoms with Gasteiger partial charge in [-0.2, -0.15) is 0 Å². The summed E-state index contributed by atoms with van der Waals surface area (Å²) in [6.45, 7) is 8.81. The van der Waals surface area contributed by atoms with E-state index in [-0.39, 0.29) is 5.91 Å². The van der Waals surface area contributed by atoms with E-state index in [9.17, 15) is 4.79 Å². The second kappa shape index (κ2) is 5.15. The van der Waals surface area contributed by atoms with E-state index in [2.05, 4.69) is 0 Å². The molecule has 0 aromatic carbocycles. The molecule has 1 aliphatic rings. The smallest absolute Gasteiger partial charge is 0.249 e. The predicted molar refractivity (Wildman–Crippen MR) is 56.0 cm³/mol. The number of amides is 1. The molecule has 0 aromatic heterocycles. The van der Waals surface area contributed by atoms with E-state index in [1.165, 1.54) is 0 Å². The summed E-state index contributed by atoms with van der Waals surface area (Å²) in [5.74, 6) is 0.473. The maximum Gasteiger partial charge on any atom is 0.249 e. The molecule has 0 aliphatic carbocycles. The van der Waals surface area contributed by atoms with Crippen LogP contribution in [0.4, 0.5) is 0 Å². The Bertz CT molecular complexity index is 227. The molecular formula is C11H19NO2. The van der Waals surface area contributed by atoms with Crippen molar-refractivity contribution in [3.05, 3.63) is 11.6 Å². The zero-order valence-electron chi connectivity index (χ0n) is 9.25. The largest absolute Gasteiger partial charge is 0.378 e. The monoisotopic (exact) mass is 197 g/mol. The van der Waals surface area contributed by atoms with Gasteiger partial charge in [0.25, 0.3) is 0 Å². The average molecular weight is 197 g/mol. The molecule has 0 radical (unpaired) electrons. The van der Waals surface area contributed by atoms with Crippen molar-refractivity contribution in [2.24, 2.45) is 5.92 Å². The van der Waals surface area contributed by atoms with Gasteiger partial charge in [-0.3, -0.25) is 4.79 Å². The SMILES string of the molecule is C/C=C(/C(=O)N1CCOCC1)C(C)C. The maximum absolute atomic E-state index is 12.0. The van der Waals surface area contributed by atoms with Gasteiger partial charge < -0.3 is 9.64 Å². The second-order valence-corrected chi connectivity index (χ2v) is 3.80. The lowest BCUT2D eigenvalue weighted by molar-refractivity contribution is -0.131. The average Bonchev–Trinajstić information content (AvgIpc) is 2.19. The summed E-state index contributed by atoms with van der Waals surface area (Å²) in [4.78, 5) is 13.8. The van der Waals surface area contributed by atoms with Gasteiger partial charge in [0.15, 0.2) is 0 Å². The molecule has 1 heterocycles. The van der Waals surface area contributed by atoms with E-state index in [1.54, 1.807) is 0 Å². The molecule has 3 heteroatoms. The van der Waals surface area contributed by atoms with Crippen LogP contribution in [0.5, 0.6) is 0 Å². The summed E-state index contributed by atoms with van der Waals surface area (Å²) in [6, 6.07) is 0. The van der Waals surface area contributed by atoms with Crippen molar-refractivity contribution in [1.82, 2.24) is 4.90 Å². The number of carbonyl (C=O) groups excluding carboxylic acids is 1. The van der Waals surface area contributed by atoms with Gasteiger partial charge in [-0.25, -0.2) is 0 Å². The van der Waals surface area contributed by atoms with E-state index < -0.39 is 0 Å². The van der Waals surface area contributed by atoms with Crippen LogP contribution in [0.1, 0.15) is 20.8 Å². The third-order valence-corrected chi connectivity index (χ3v) is 2.48. The summed E-state index contributed by atoms with van der Waals surface area (Å²) in [7, 11) is 0. The van der Waals surface area contributed by atoms with Crippen LogP contribution in [0.3, 0.4) is 0 Å². The molecule has 1 fully saturated rings. The van der Waals surface area contributed by atoms with E-state index in [0.29, 0.717) is 19.1 Å². The molecule has 1 aliphatic heterocycles. The molecule has 1 saturated heterocycles. The molecule has 14 heavy (non-hydrogen) atoms. The Hall–Kier alpha value is -0.830. The number of hydrogen-bond acceptors (Lipinski definition) is 2. The molecule has 0 atom stereocenters. The van der Waals surface area contributed by atoms with Crippen LogP contribution < -0.4 is 0 Å². The van der Waals surface area contributed by atoms with Crippen LogP contribution in [-0.4, -0.2) is 37.1 Å². The van der Waals surface area contributed by atoms with Crippen molar-refractivity contribution in [2.75, 3.05) is 26.3 Å². The first kappa shape index (κ1) is 11.2. The highest BCUT2D eigenvalue weighted by atomic mass is 16.5. The molecule has 0 N–H and O–H groups in total. The summed E-state index contributed by atoms with van der Waals surface area (Å²) in [6.07, 6.45) is 1.92. The molecule has 0 bridgehead atoms. The fourth-order valence-corrected chi connectivity index (χ4v) is 1.65. The van der Waals surface area contributed by atoms with Gasteiger partial charge in [-0.15, -0.1) is 0 Å². The molecule has 80 valence electrons. The third-order valence-electron chi connectivity index (χ3n) is 2.48. The Morgan fingerprint density at radius 2 is 1.93 bits per heavy atom. The van der Waals surface area contributed by atoms with E-state index in [0.717, 1.165) is 18.7 Å². The van der Waals surface area contributed by atoms with Crippen LogP contribution in [0, 0.1) is 5.92 Å². The lowest BCUT2D eigenvalue weighted by Crippen LogP contribution is -2.42. The first-order valence-electron chi connectivity index (χ1n) is 5.20. The van der Waals surface area contributed by atoms with Gasteiger partial charge in [-0.1, -0.05) is 19.9 Å². The number of ether oxygens (including phenoxy) is 1. The quantitative estimate of drug-likeness (QED) is 0.627. The normalized spacial score (nSPS) is 18.9. The van der Waals surface area contributed by atoms with Crippen LogP contribution in [0.15, 0.2) is 11.6 Å². The maximum atomic E-state index is 12.0. The first-order valence-corrected chi connectivity index (χ1v) is 5.20. The summed E-state index contributed by atoms with van der Waals surface area (Å²) < 4.78 is 5.21. The van der Waals surface area contributed by atoms with Crippen molar-refractivity contribution in [3.8, 4) is 0 Å². The van der Waals surface area contributed by atoms with Crippen molar-refractivity contribution in [2.45, 2.75) is 20.8 Å². The molecule has 0 saturated carbocycles. The molecule has 0 spiro atoms. The van der Waals surface area contributed by atoms with E-state index in [1.807, 2.05) is 31.7 Å². The van der Waals surface area contributed by atoms with Crippen LogP contribution >= 0.6 is 0 Å². The van der Waals surface area contributed by atoms with Gasteiger partial charge in [0, 0.05) is 18.7 Å². The summed E-state index contributed by atoms with van der Waals surface area (Å²) in [5.41, 5.74) is 0.909. The topological polar surface area (TPSA) is 29.5 Å². The van der Waals surface area contributed by atoms with Gasteiger partial charge in [0.2, 0.25) is 5.91 Å². The predicted octanol–water partition coefficient (Wildman–Crippen LogP) is 1.45. The minimum atomic E-state index is 0.172. The lowest BCUT2D eigenvalue weighted by Gasteiger charge is -2.28. The highest BCUT2D eigenvalue weighted by Crippen LogP contribution is 2.13. The van der Waals surface area contributed by atoms with E-state index >= 15 is 0 Å². The highest BCUT2D eigenvalue weighted by molar-refractivity contribution is 5.93. The Morgan fingerprint density at radius 1 is 1.36 bits per heavy atom. The first-order chi connectivity index (χ1) is 6.66. The second-order valence-electron chi connectivity index (χ2n) is 3.80. The Labute approximate surface area is 85.7 Å². The van der Waals surface area contributed by atoms with Crippen molar-refractivity contribution < 1.29 is 9.53 Å².